The lowest BCUT2D eigenvalue weighted by Crippen LogP contribution is -2.41. The van der Waals surface area contributed by atoms with E-state index in [0.717, 1.165) is 39.5 Å². The molecule has 6 nitrogen and oxygen atoms in total. The van der Waals surface area contributed by atoms with Gasteiger partial charge in [-0.1, -0.05) is 30.3 Å². The molecule has 0 aliphatic heterocycles. The predicted molar refractivity (Wildman–Crippen MR) is 132 cm³/mol. The maximum absolute atomic E-state index is 13.1. The number of carbonyl (C=O) groups is 2. The molecule has 1 atom stereocenters. The molecule has 3 aromatic rings. The number of H-pyrrole nitrogens is 1. The highest BCUT2D eigenvalue weighted by atomic mass is 32.2. The van der Waals surface area contributed by atoms with E-state index < -0.39 is 12.0 Å². The summed E-state index contributed by atoms with van der Waals surface area (Å²) in [6.07, 6.45) is 5.85. The molecule has 1 heterocycles. The molecular weight excluding hydrogens is 442 g/mol. The number of aryl methyl sites for hydroxylation is 1. The third-order valence-electron chi connectivity index (χ3n) is 5.05. The lowest BCUT2D eigenvalue weighted by atomic mass is 9.94. The van der Waals surface area contributed by atoms with Crippen LogP contribution in [0.1, 0.15) is 33.6 Å². The van der Waals surface area contributed by atoms with E-state index >= 15 is 0 Å². The van der Waals surface area contributed by atoms with Crippen LogP contribution < -0.4 is 5.32 Å². The molecule has 0 aliphatic carbocycles. The van der Waals surface area contributed by atoms with Gasteiger partial charge in [0.25, 0.3) is 5.91 Å². The standard InChI is InChI=1S/C24H27N3O3S2/c1-16-5-3-4-6-19(16)21-11-17(13-32-14-18-12-25-15-26-18)7-8-20(21)23(28)27-22(24(29)30)9-10-31-2/h3-8,11-12,15,22H,9-10,13-14H2,1-2H3,(H,25,26)(H,27,28)(H,29,30). The highest BCUT2D eigenvalue weighted by Gasteiger charge is 2.22. The molecule has 0 saturated carbocycles. The molecule has 3 N–H and O–H groups in total. The Labute approximate surface area is 196 Å². The number of rotatable bonds is 11. The van der Waals surface area contributed by atoms with Gasteiger partial charge in [-0.3, -0.25) is 4.79 Å². The number of hydrogen-bond acceptors (Lipinski definition) is 5. The lowest BCUT2D eigenvalue weighted by molar-refractivity contribution is -0.139. The first-order valence-corrected chi connectivity index (χ1v) is 12.8. The Morgan fingerprint density at radius 2 is 1.97 bits per heavy atom. The number of carboxylic acid groups (broad SMARTS) is 1. The summed E-state index contributed by atoms with van der Waals surface area (Å²) in [5.41, 5.74) is 5.41. The average molecular weight is 470 g/mol. The van der Waals surface area contributed by atoms with Crippen molar-refractivity contribution in [3.8, 4) is 11.1 Å². The zero-order valence-corrected chi connectivity index (χ0v) is 19.8. The number of carbonyl (C=O) groups excluding carboxylic acids is 1. The monoisotopic (exact) mass is 469 g/mol. The number of aromatic amines is 1. The lowest BCUT2D eigenvalue weighted by Gasteiger charge is -2.17. The van der Waals surface area contributed by atoms with Crippen LogP contribution in [0.25, 0.3) is 11.1 Å². The zero-order valence-electron chi connectivity index (χ0n) is 18.1. The summed E-state index contributed by atoms with van der Waals surface area (Å²) in [5, 5.41) is 12.2. The first-order chi connectivity index (χ1) is 15.5. The molecule has 0 spiro atoms. The van der Waals surface area contributed by atoms with E-state index in [2.05, 4.69) is 15.3 Å². The van der Waals surface area contributed by atoms with Crippen LogP contribution in [-0.4, -0.2) is 45.0 Å². The van der Waals surface area contributed by atoms with Gasteiger partial charge in [-0.05, 0) is 59.7 Å². The van der Waals surface area contributed by atoms with Crippen molar-refractivity contribution < 1.29 is 14.7 Å². The molecule has 1 unspecified atom stereocenters. The van der Waals surface area contributed by atoms with Crippen LogP contribution in [0, 0.1) is 6.92 Å². The van der Waals surface area contributed by atoms with E-state index in [-0.39, 0.29) is 5.91 Å². The number of thioether (sulfide) groups is 2. The fourth-order valence-electron chi connectivity index (χ4n) is 3.35. The van der Waals surface area contributed by atoms with Crippen molar-refractivity contribution in [2.75, 3.05) is 12.0 Å². The van der Waals surface area contributed by atoms with Crippen LogP contribution in [-0.2, 0) is 16.3 Å². The van der Waals surface area contributed by atoms with Gasteiger partial charge in [-0.15, -0.1) is 0 Å². The van der Waals surface area contributed by atoms with Crippen LogP contribution in [0.4, 0.5) is 0 Å². The summed E-state index contributed by atoms with van der Waals surface area (Å²) in [4.78, 5) is 31.9. The molecule has 1 aromatic heterocycles. The SMILES string of the molecule is CSCCC(NC(=O)c1ccc(CSCc2c[nH]cn2)cc1-c1ccccc1C)C(=O)O. The molecule has 3 rings (SSSR count). The Morgan fingerprint density at radius 3 is 2.66 bits per heavy atom. The molecule has 168 valence electrons. The minimum absolute atomic E-state index is 0.368. The topological polar surface area (TPSA) is 95.1 Å². The first kappa shape index (κ1) is 23.9. The second-order valence-corrected chi connectivity index (χ2v) is 9.37. The van der Waals surface area contributed by atoms with Gasteiger partial charge in [0.1, 0.15) is 6.04 Å². The van der Waals surface area contributed by atoms with Gasteiger partial charge >= 0.3 is 5.97 Å². The quantitative estimate of drug-likeness (QED) is 0.375. The van der Waals surface area contributed by atoms with Crippen molar-refractivity contribution in [3.63, 3.8) is 0 Å². The number of nitrogens with one attached hydrogen (secondary N) is 2. The third-order valence-corrected chi connectivity index (χ3v) is 6.73. The number of aliphatic carboxylic acids is 1. The third kappa shape index (κ3) is 6.40. The number of carboxylic acids is 1. The highest BCUT2D eigenvalue weighted by Crippen LogP contribution is 2.30. The summed E-state index contributed by atoms with van der Waals surface area (Å²) in [6, 6.07) is 12.8. The number of benzene rings is 2. The van der Waals surface area contributed by atoms with Gasteiger partial charge in [0.15, 0.2) is 0 Å². The minimum Gasteiger partial charge on any atom is -0.480 e. The second kappa shape index (κ2) is 11.8. The molecule has 1 amide bonds. The van der Waals surface area contributed by atoms with Gasteiger partial charge < -0.3 is 15.4 Å². The molecule has 0 aliphatic rings. The van der Waals surface area contributed by atoms with Crippen molar-refractivity contribution in [2.24, 2.45) is 0 Å². The second-order valence-electron chi connectivity index (χ2n) is 7.39. The fourth-order valence-corrected chi connectivity index (χ4v) is 4.71. The van der Waals surface area contributed by atoms with Crippen molar-refractivity contribution in [1.29, 1.82) is 0 Å². The smallest absolute Gasteiger partial charge is 0.326 e. The maximum atomic E-state index is 13.1. The van der Waals surface area contributed by atoms with Crippen molar-refractivity contribution in [1.82, 2.24) is 15.3 Å². The molecule has 32 heavy (non-hydrogen) atoms. The summed E-state index contributed by atoms with van der Waals surface area (Å²) in [5.74, 6) is 0.845. The zero-order chi connectivity index (χ0) is 22.9. The largest absolute Gasteiger partial charge is 0.480 e. The van der Waals surface area contributed by atoms with E-state index in [1.165, 1.54) is 0 Å². The van der Waals surface area contributed by atoms with E-state index in [9.17, 15) is 14.7 Å². The number of imidazole rings is 1. The molecule has 0 bridgehead atoms. The Morgan fingerprint density at radius 1 is 1.16 bits per heavy atom. The molecular formula is C24H27N3O3S2. The number of nitrogens with zero attached hydrogens (tertiary/aromatic N) is 1. The van der Waals surface area contributed by atoms with Gasteiger partial charge in [0.2, 0.25) is 0 Å². The molecule has 8 heteroatoms. The highest BCUT2D eigenvalue weighted by molar-refractivity contribution is 7.98. The van der Waals surface area contributed by atoms with E-state index in [1.807, 2.05) is 55.8 Å². The van der Waals surface area contributed by atoms with E-state index in [4.69, 9.17) is 0 Å². The summed E-state index contributed by atoms with van der Waals surface area (Å²) in [6.45, 7) is 2.01. The van der Waals surface area contributed by atoms with Crippen molar-refractivity contribution >= 4 is 35.4 Å². The molecule has 2 aromatic carbocycles. The number of aromatic nitrogens is 2. The summed E-state index contributed by atoms with van der Waals surface area (Å²) < 4.78 is 0. The van der Waals surface area contributed by atoms with Crippen LogP contribution in [0.5, 0.6) is 0 Å². The van der Waals surface area contributed by atoms with Crippen LogP contribution in [0.3, 0.4) is 0 Å². The molecule has 0 fully saturated rings. The maximum Gasteiger partial charge on any atom is 0.326 e. The Kier molecular flexibility index (Phi) is 8.81. The first-order valence-electron chi connectivity index (χ1n) is 10.3. The van der Waals surface area contributed by atoms with E-state index in [0.29, 0.717) is 17.7 Å². The van der Waals surface area contributed by atoms with Gasteiger partial charge in [-0.25, -0.2) is 9.78 Å². The Hall–Kier alpha value is -2.71. The van der Waals surface area contributed by atoms with Gasteiger partial charge in [0, 0.05) is 23.3 Å². The molecule has 0 saturated heterocycles. The van der Waals surface area contributed by atoms with Crippen LogP contribution in [0.15, 0.2) is 55.0 Å². The minimum atomic E-state index is -1.02. The Bertz CT molecular complexity index is 1050. The van der Waals surface area contributed by atoms with Crippen molar-refractivity contribution in [2.45, 2.75) is 30.9 Å². The summed E-state index contributed by atoms with van der Waals surface area (Å²) >= 11 is 3.30. The normalized spacial score (nSPS) is 11.8. The van der Waals surface area contributed by atoms with Gasteiger partial charge in [0.05, 0.1) is 12.0 Å². The number of amides is 1. The Balaban J connectivity index is 1.86. The fraction of sp³-hybridized carbons (Fsp3) is 0.292. The predicted octanol–water partition coefficient (Wildman–Crippen LogP) is 4.75. The average Bonchev–Trinajstić information content (AvgIpc) is 3.30. The summed E-state index contributed by atoms with van der Waals surface area (Å²) in [7, 11) is 0. The van der Waals surface area contributed by atoms with Gasteiger partial charge in [-0.2, -0.15) is 23.5 Å². The van der Waals surface area contributed by atoms with Crippen molar-refractivity contribution in [3.05, 3.63) is 77.4 Å². The van der Waals surface area contributed by atoms with E-state index in [1.54, 1.807) is 35.9 Å². The van der Waals surface area contributed by atoms with Crippen LogP contribution in [0.2, 0.25) is 0 Å². The molecule has 0 radical (unpaired) electrons. The number of hydrogen-bond donors (Lipinski definition) is 3. The van der Waals surface area contributed by atoms with Crippen LogP contribution >= 0.6 is 23.5 Å².